The van der Waals surface area contributed by atoms with E-state index in [0.29, 0.717) is 0 Å². The third-order valence-electron chi connectivity index (χ3n) is 1.71. The number of urea groups is 2. The number of nitrogens with one attached hydrogen (secondary N) is 2. The summed E-state index contributed by atoms with van der Waals surface area (Å²) in [6, 6.07) is -1.33. The fraction of sp³-hybridized carbons (Fsp3) is 0.429. The van der Waals surface area contributed by atoms with Gasteiger partial charge in [-0.15, -0.1) is 0 Å². The number of imide groups is 1. The zero-order valence-electron chi connectivity index (χ0n) is 7.90. The second kappa shape index (κ2) is 3.79. The highest BCUT2D eigenvalue weighted by Crippen LogP contribution is 2.24. The van der Waals surface area contributed by atoms with Crippen molar-refractivity contribution in [1.29, 1.82) is 0 Å². The molecular weight excluding hydrogens is 204 g/mol. The number of carbonyl (C=O) groups excluding carboxylic acids is 2. The van der Waals surface area contributed by atoms with Crippen LogP contribution in [-0.2, 0) is 0 Å². The van der Waals surface area contributed by atoms with Crippen molar-refractivity contribution in [2.45, 2.75) is 11.9 Å². The van der Waals surface area contributed by atoms with Gasteiger partial charge in [0.2, 0.25) is 0 Å². The lowest BCUT2D eigenvalue weighted by molar-refractivity contribution is 0.195. The van der Waals surface area contributed by atoms with Crippen LogP contribution in [-0.4, -0.2) is 29.0 Å². The molecule has 1 rings (SSSR count). The maximum absolute atomic E-state index is 11.4. The first-order valence-corrected chi connectivity index (χ1v) is 4.78. The Morgan fingerprint density at radius 3 is 2.71 bits per heavy atom. The quantitative estimate of drug-likeness (QED) is 0.584. The average Bonchev–Trinajstić information content (AvgIpc) is 2.50. The third kappa shape index (κ3) is 2.32. The summed E-state index contributed by atoms with van der Waals surface area (Å²) in [5.41, 5.74) is 4.94. The molecule has 4 amide bonds. The SMILES string of the molecule is CN(C(N)=O)C(=O)NC1(C)NC=CS1. The minimum atomic E-state index is -0.790. The lowest BCUT2D eigenvalue weighted by Crippen LogP contribution is -2.55. The predicted octanol–water partition coefficient (Wildman–Crippen LogP) is 0.188. The van der Waals surface area contributed by atoms with E-state index in [9.17, 15) is 9.59 Å². The number of rotatable bonds is 1. The highest BCUT2D eigenvalue weighted by Gasteiger charge is 2.29. The van der Waals surface area contributed by atoms with Gasteiger partial charge in [0.15, 0.2) is 4.99 Å². The third-order valence-corrected chi connectivity index (χ3v) is 2.67. The van der Waals surface area contributed by atoms with Crippen LogP contribution in [0.25, 0.3) is 0 Å². The minimum Gasteiger partial charge on any atom is -0.360 e. The summed E-state index contributed by atoms with van der Waals surface area (Å²) < 4.78 is 0. The molecule has 14 heavy (non-hydrogen) atoms. The summed E-state index contributed by atoms with van der Waals surface area (Å²) in [6.45, 7) is 1.78. The Labute approximate surface area is 85.9 Å². The van der Waals surface area contributed by atoms with E-state index < -0.39 is 17.1 Å². The minimum absolute atomic E-state index is 0.538. The molecule has 1 atom stereocenters. The normalized spacial score (nSPS) is 24.1. The molecule has 0 saturated heterocycles. The molecule has 0 aromatic heterocycles. The van der Waals surface area contributed by atoms with Gasteiger partial charge in [-0.3, -0.25) is 0 Å². The molecule has 1 aliphatic heterocycles. The van der Waals surface area contributed by atoms with Gasteiger partial charge in [-0.1, -0.05) is 11.8 Å². The standard InChI is InChI=1S/C7H12N4O2S/c1-7(9-3-4-14-7)10-6(13)11(2)5(8)12/h3-4,9H,1-2H3,(H2,8,12)(H,10,13). The number of hydrogen-bond donors (Lipinski definition) is 3. The van der Waals surface area contributed by atoms with E-state index >= 15 is 0 Å². The van der Waals surface area contributed by atoms with Crippen molar-refractivity contribution in [2.75, 3.05) is 7.05 Å². The zero-order valence-corrected chi connectivity index (χ0v) is 8.72. The number of nitrogens with zero attached hydrogens (tertiary/aromatic N) is 1. The van der Waals surface area contributed by atoms with Crippen LogP contribution in [0.15, 0.2) is 11.6 Å². The highest BCUT2D eigenvalue weighted by molar-refractivity contribution is 8.03. The summed E-state index contributed by atoms with van der Waals surface area (Å²) in [5, 5.41) is 7.35. The zero-order chi connectivity index (χ0) is 10.8. The van der Waals surface area contributed by atoms with Crippen molar-refractivity contribution < 1.29 is 9.59 Å². The first-order valence-electron chi connectivity index (χ1n) is 3.90. The lowest BCUT2D eigenvalue weighted by Gasteiger charge is -2.27. The topological polar surface area (TPSA) is 87.5 Å². The van der Waals surface area contributed by atoms with Crippen molar-refractivity contribution in [3.63, 3.8) is 0 Å². The van der Waals surface area contributed by atoms with E-state index in [1.165, 1.54) is 18.8 Å². The van der Waals surface area contributed by atoms with Crippen molar-refractivity contribution in [3.8, 4) is 0 Å². The van der Waals surface area contributed by atoms with E-state index in [1.54, 1.807) is 13.1 Å². The van der Waals surface area contributed by atoms with Crippen LogP contribution in [0.3, 0.4) is 0 Å². The molecule has 0 aromatic carbocycles. The Hall–Kier alpha value is -1.37. The van der Waals surface area contributed by atoms with Gasteiger partial charge in [0.05, 0.1) is 0 Å². The highest BCUT2D eigenvalue weighted by atomic mass is 32.2. The van der Waals surface area contributed by atoms with Crippen molar-refractivity contribution in [2.24, 2.45) is 5.73 Å². The van der Waals surface area contributed by atoms with Crippen LogP contribution >= 0.6 is 11.8 Å². The van der Waals surface area contributed by atoms with Gasteiger partial charge in [-0.2, -0.15) is 0 Å². The van der Waals surface area contributed by atoms with Crippen molar-refractivity contribution in [1.82, 2.24) is 15.5 Å². The van der Waals surface area contributed by atoms with Gasteiger partial charge in [-0.25, -0.2) is 14.5 Å². The average molecular weight is 216 g/mol. The van der Waals surface area contributed by atoms with Gasteiger partial charge < -0.3 is 16.4 Å². The van der Waals surface area contributed by atoms with E-state index in [-0.39, 0.29) is 0 Å². The molecule has 1 aliphatic rings. The number of hydrogen-bond acceptors (Lipinski definition) is 4. The molecule has 0 aromatic rings. The molecule has 0 saturated carbocycles. The molecule has 7 heteroatoms. The van der Waals surface area contributed by atoms with Crippen LogP contribution < -0.4 is 16.4 Å². The predicted molar refractivity (Wildman–Crippen MR) is 54.1 cm³/mol. The number of thioether (sulfide) groups is 1. The van der Waals surface area contributed by atoms with Crippen LogP contribution in [0.1, 0.15) is 6.92 Å². The number of carbonyl (C=O) groups is 2. The van der Waals surface area contributed by atoms with E-state index in [0.717, 1.165) is 4.90 Å². The molecule has 0 bridgehead atoms. The van der Waals surface area contributed by atoms with Crippen LogP contribution in [0, 0.1) is 0 Å². The molecular formula is C7H12N4O2S. The van der Waals surface area contributed by atoms with Gasteiger partial charge in [0.25, 0.3) is 0 Å². The molecule has 1 unspecified atom stereocenters. The van der Waals surface area contributed by atoms with Crippen LogP contribution in [0.2, 0.25) is 0 Å². The fourth-order valence-electron chi connectivity index (χ4n) is 0.851. The summed E-state index contributed by atoms with van der Waals surface area (Å²) >= 11 is 1.40. The monoisotopic (exact) mass is 216 g/mol. The Balaban J connectivity index is 2.52. The summed E-state index contributed by atoms with van der Waals surface area (Å²) in [7, 11) is 1.31. The first-order chi connectivity index (χ1) is 6.44. The van der Waals surface area contributed by atoms with Crippen molar-refractivity contribution in [3.05, 3.63) is 11.6 Å². The van der Waals surface area contributed by atoms with Crippen LogP contribution in [0.5, 0.6) is 0 Å². The Morgan fingerprint density at radius 2 is 2.29 bits per heavy atom. The fourth-order valence-corrected chi connectivity index (χ4v) is 1.54. The van der Waals surface area contributed by atoms with E-state index in [2.05, 4.69) is 10.6 Å². The first kappa shape index (κ1) is 10.7. The lowest BCUT2D eigenvalue weighted by atomic mass is 10.5. The van der Waals surface area contributed by atoms with E-state index in [4.69, 9.17) is 5.73 Å². The second-order valence-electron chi connectivity index (χ2n) is 2.93. The summed E-state index contributed by atoms with van der Waals surface area (Å²) in [6.07, 6.45) is 1.72. The van der Waals surface area contributed by atoms with Gasteiger partial charge >= 0.3 is 12.1 Å². The van der Waals surface area contributed by atoms with E-state index in [1.807, 2.05) is 5.41 Å². The molecule has 6 nitrogen and oxygen atoms in total. The number of amides is 4. The molecule has 4 N–H and O–H groups in total. The van der Waals surface area contributed by atoms with Gasteiger partial charge in [0.1, 0.15) is 0 Å². The molecule has 0 spiro atoms. The Morgan fingerprint density at radius 1 is 1.64 bits per heavy atom. The molecule has 78 valence electrons. The van der Waals surface area contributed by atoms with Gasteiger partial charge in [0, 0.05) is 13.2 Å². The number of primary amides is 1. The molecule has 0 radical (unpaired) electrons. The molecule has 0 aliphatic carbocycles. The van der Waals surface area contributed by atoms with Gasteiger partial charge in [-0.05, 0) is 12.3 Å². The Bertz CT molecular complexity index is 283. The molecule has 1 heterocycles. The summed E-state index contributed by atoms with van der Waals surface area (Å²) in [4.78, 5) is 22.2. The second-order valence-corrected chi connectivity index (χ2v) is 4.25. The summed E-state index contributed by atoms with van der Waals surface area (Å²) in [5.74, 6) is 0. The van der Waals surface area contributed by atoms with Crippen molar-refractivity contribution >= 4 is 23.8 Å². The number of nitrogens with two attached hydrogens (primary N) is 1. The maximum atomic E-state index is 11.4. The maximum Gasteiger partial charge on any atom is 0.327 e. The molecule has 0 fully saturated rings. The Kier molecular flexibility index (Phi) is 2.90. The smallest absolute Gasteiger partial charge is 0.327 e. The largest absolute Gasteiger partial charge is 0.360 e. The van der Waals surface area contributed by atoms with Crippen LogP contribution in [0.4, 0.5) is 9.59 Å².